The van der Waals surface area contributed by atoms with Crippen molar-refractivity contribution in [1.29, 1.82) is 0 Å². The predicted octanol–water partition coefficient (Wildman–Crippen LogP) is 2.68. The van der Waals surface area contributed by atoms with Crippen molar-refractivity contribution in [3.05, 3.63) is 47.3 Å². The highest BCUT2D eigenvalue weighted by molar-refractivity contribution is 5.27. The number of rotatable bonds is 4. The van der Waals surface area contributed by atoms with Gasteiger partial charge in [-0.1, -0.05) is 12.1 Å². The summed E-state index contributed by atoms with van der Waals surface area (Å²) >= 11 is 0. The van der Waals surface area contributed by atoms with E-state index in [-0.39, 0.29) is 0 Å². The zero-order chi connectivity index (χ0) is 13.0. The molecule has 0 aliphatic heterocycles. The van der Waals surface area contributed by atoms with Gasteiger partial charge in [0.15, 0.2) is 0 Å². The van der Waals surface area contributed by atoms with E-state index in [4.69, 9.17) is 9.47 Å². The number of ether oxygens (including phenoxy) is 2. The largest absolute Gasteiger partial charge is 0.497 e. The van der Waals surface area contributed by atoms with Crippen molar-refractivity contribution in [2.75, 3.05) is 7.11 Å². The predicted molar refractivity (Wildman–Crippen MR) is 68.8 cm³/mol. The number of benzene rings is 1. The maximum Gasteiger partial charge on any atom is 0.317 e. The highest BCUT2D eigenvalue weighted by Gasteiger charge is 2.01. The number of hydrogen-bond donors (Lipinski definition) is 0. The molecule has 2 aromatic rings. The third kappa shape index (κ3) is 3.20. The Hall–Kier alpha value is -2.10. The first kappa shape index (κ1) is 12.4. The van der Waals surface area contributed by atoms with Crippen molar-refractivity contribution < 1.29 is 9.47 Å². The molecule has 0 spiro atoms. The van der Waals surface area contributed by atoms with Crippen molar-refractivity contribution in [3.8, 4) is 11.8 Å². The molecular weight excluding hydrogens is 228 g/mol. The molecule has 0 amide bonds. The highest BCUT2D eigenvalue weighted by Crippen LogP contribution is 2.13. The molecule has 2 rings (SSSR count). The fourth-order valence-electron chi connectivity index (χ4n) is 1.63. The summed E-state index contributed by atoms with van der Waals surface area (Å²) in [6, 6.07) is 10.1. The summed E-state index contributed by atoms with van der Waals surface area (Å²) in [5.74, 6) is 0.835. The second-order valence-electron chi connectivity index (χ2n) is 4.07. The quantitative estimate of drug-likeness (QED) is 0.829. The molecule has 0 aliphatic rings. The summed E-state index contributed by atoms with van der Waals surface area (Å²) < 4.78 is 10.7. The van der Waals surface area contributed by atoms with Crippen LogP contribution < -0.4 is 9.47 Å². The summed E-state index contributed by atoms with van der Waals surface area (Å²) in [4.78, 5) is 8.45. The maximum atomic E-state index is 5.56. The molecular formula is C14H16N2O2. The normalized spacial score (nSPS) is 10.2. The van der Waals surface area contributed by atoms with E-state index in [1.807, 2.05) is 44.2 Å². The molecule has 18 heavy (non-hydrogen) atoms. The number of hydrogen-bond acceptors (Lipinski definition) is 4. The lowest BCUT2D eigenvalue weighted by molar-refractivity contribution is 0.279. The Morgan fingerprint density at radius 1 is 1.00 bits per heavy atom. The van der Waals surface area contributed by atoms with Gasteiger partial charge >= 0.3 is 6.01 Å². The van der Waals surface area contributed by atoms with E-state index in [9.17, 15) is 0 Å². The third-order valence-corrected chi connectivity index (χ3v) is 2.49. The minimum atomic E-state index is 0.420. The van der Waals surface area contributed by atoms with Gasteiger partial charge in [0.05, 0.1) is 7.11 Å². The van der Waals surface area contributed by atoms with Crippen LogP contribution in [0.15, 0.2) is 30.3 Å². The van der Waals surface area contributed by atoms with Crippen LogP contribution in [0.2, 0.25) is 0 Å². The fourth-order valence-corrected chi connectivity index (χ4v) is 1.63. The fraction of sp³-hybridized carbons (Fsp3) is 0.286. The van der Waals surface area contributed by atoms with Gasteiger partial charge in [0.1, 0.15) is 12.4 Å². The van der Waals surface area contributed by atoms with Gasteiger partial charge in [-0.05, 0) is 37.6 Å². The topological polar surface area (TPSA) is 44.2 Å². The average Bonchev–Trinajstić information content (AvgIpc) is 2.36. The van der Waals surface area contributed by atoms with E-state index in [1.54, 1.807) is 7.11 Å². The monoisotopic (exact) mass is 244 g/mol. The van der Waals surface area contributed by atoms with Gasteiger partial charge in [-0.3, -0.25) is 0 Å². The van der Waals surface area contributed by atoms with Crippen molar-refractivity contribution in [1.82, 2.24) is 9.97 Å². The van der Waals surface area contributed by atoms with Crippen LogP contribution in [0.4, 0.5) is 0 Å². The summed E-state index contributed by atoms with van der Waals surface area (Å²) in [7, 11) is 1.65. The van der Waals surface area contributed by atoms with Crippen LogP contribution in [0.25, 0.3) is 0 Å². The van der Waals surface area contributed by atoms with Gasteiger partial charge < -0.3 is 9.47 Å². The Morgan fingerprint density at radius 3 is 2.17 bits per heavy atom. The second kappa shape index (κ2) is 5.49. The van der Waals surface area contributed by atoms with Crippen LogP contribution in [-0.4, -0.2) is 17.1 Å². The van der Waals surface area contributed by atoms with E-state index in [1.165, 1.54) is 0 Å². The van der Waals surface area contributed by atoms with E-state index in [0.29, 0.717) is 12.6 Å². The van der Waals surface area contributed by atoms with Crippen molar-refractivity contribution in [3.63, 3.8) is 0 Å². The van der Waals surface area contributed by atoms with E-state index in [0.717, 1.165) is 22.7 Å². The van der Waals surface area contributed by atoms with E-state index < -0.39 is 0 Å². The van der Waals surface area contributed by atoms with Gasteiger partial charge in [-0.25, -0.2) is 9.97 Å². The SMILES string of the molecule is COc1ccc(COc2nc(C)cc(C)n2)cc1. The first-order valence-electron chi connectivity index (χ1n) is 5.75. The molecule has 0 saturated carbocycles. The molecule has 94 valence electrons. The second-order valence-corrected chi connectivity index (χ2v) is 4.07. The van der Waals surface area contributed by atoms with Crippen molar-refractivity contribution in [2.45, 2.75) is 20.5 Å². The number of methoxy groups -OCH3 is 1. The maximum absolute atomic E-state index is 5.56. The molecule has 4 nitrogen and oxygen atoms in total. The standard InChI is InChI=1S/C14H16N2O2/c1-10-8-11(2)16-14(15-10)18-9-12-4-6-13(17-3)7-5-12/h4-8H,9H2,1-3H3. The molecule has 0 fully saturated rings. The smallest absolute Gasteiger partial charge is 0.317 e. The van der Waals surface area contributed by atoms with E-state index >= 15 is 0 Å². The lowest BCUT2D eigenvalue weighted by Gasteiger charge is -2.06. The molecule has 0 bridgehead atoms. The van der Waals surface area contributed by atoms with Crippen LogP contribution in [0, 0.1) is 13.8 Å². The van der Waals surface area contributed by atoms with Crippen molar-refractivity contribution in [2.24, 2.45) is 0 Å². The Bertz CT molecular complexity index is 504. The zero-order valence-electron chi connectivity index (χ0n) is 10.8. The number of aryl methyl sites for hydroxylation is 2. The molecule has 0 unspecified atom stereocenters. The van der Waals surface area contributed by atoms with Crippen LogP contribution in [-0.2, 0) is 6.61 Å². The first-order chi connectivity index (χ1) is 8.67. The summed E-state index contributed by atoms with van der Waals surface area (Å²) in [6.45, 7) is 4.30. The number of aromatic nitrogens is 2. The molecule has 0 aliphatic carbocycles. The molecule has 0 radical (unpaired) electrons. The van der Waals surface area contributed by atoms with E-state index in [2.05, 4.69) is 9.97 Å². The van der Waals surface area contributed by atoms with Gasteiger partial charge in [0, 0.05) is 11.4 Å². The highest BCUT2D eigenvalue weighted by atomic mass is 16.5. The first-order valence-corrected chi connectivity index (χ1v) is 5.75. The Kier molecular flexibility index (Phi) is 3.77. The third-order valence-electron chi connectivity index (χ3n) is 2.49. The average molecular weight is 244 g/mol. The lowest BCUT2D eigenvalue weighted by atomic mass is 10.2. The van der Waals surface area contributed by atoms with Gasteiger partial charge in [0.25, 0.3) is 0 Å². The Morgan fingerprint density at radius 2 is 1.61 bits per heavy atom. The van der Waals surface area contributed by atoms with Crippen LogP contribution in [0.3, 0.4) is 0 Å². The van der Waals surface area contributed by atoms with Crippen LogP contribution >= 0.6 is 0 Å². The van der Waals surface area contributed by atoms with Gasteiger partial charge in [-0.2, -0.15) is 0 Å². The molecule has 0 N–H and O–H groups in total. The number of nitrogens with zero attached hydrogens (tertiary/aromatic N) is 2. The minimum absolute atomic E-state index is 0.420. The molecule has 0 saturated heterocycles. The summed E-state index contributed by atoms with van der Waals surface area (Å²) in [6.07, 6.45) is 0. The van der Waals surface area contributed by atoms with Crippen LogP contribution in [0.1, 0.15) is 17.0 Å². The minimum Gasteiger partial charge on any atom is -0.497 e. The summed E-state index contributed by atoms with van der Waals surface area (Å²) in [5, 5.41) is 0. The van der Waals surface area contributed by atoms with Crippen molar-refractivity contribution >= 4 is 0 Å². The molecule has 1 aromatic carbocycles. The zero-order valence-corrected chi connectivity index (χ0v) is 10.8. The van der Waals surface area contributed by atoms with Crippen LogP contribution in [0.5, 0.6) is 11.8 Å². The molecule has 1 aromatic heterocycles. The van der Waals surface area contributed by atoms with Gasteiger partial charge in [-0.15, -0.1) is 0 Å². The van der Waals surface area contributed by atoms with Gasteiger partial charge in [0.2, 0.25) is 0 Å². The molecule has 0 atom stereocenters. The lowest BCUT2D eigenvalue weighted by Crippen LogP contribution is -2.01. The molecule has 1 heterocycles. The Labute approximate surface area is 107 Å². The molecule has 4 heteroatoms. The Balaban J connectivity index is 2.01. The summed E-state index contributed by atoms with van der Waals surface area (Å²) in [5.41, 5.74) is 2.87.